The SMILES string of the molecule is CCCCNc1ccnc(N(C)c2ccccc2)n1. The lowest BCUT2D eigenvalue weighted by Gasteiger charge is -2.17. The smallest absolute Gasteiger partial charge is 0.231 e. The zero-order valence-electron chi connectivity index (χ0n) is 11.5. The first-order valence-corrected chi connectivity index (χ1v) is 6.67. The molecule has 0 atom stereocenters. The Hall–Kier alpha value is -2.10. The average Bonchev–Trinajstić information content (AvgIpc) is 2.48. The number of aromatic nitrogens is 2. The van der Waals surface area contributed by atoms with Crippen LogP contribution in [0.5, 0.6) is 0 Å². The molecular weight excluding hydrogens is 236 g/mol. The van der Waals surface area contributed by atoms with Crippen molar-refractivity contribution < 1.29 is 0 Å². The number of rotatable bonds is 6. The zero-order chi connectivity index (χ0) is 13.5. The van der Waals surface area contributed by atoms with Crippen molar-refractivity contribution in [1.29, 1.82) is 0 Å². The molecule has 2 rings (SSSR count). The quantitative estimate of drug-likeness (QED) is 0.804. The van der Waals surface area contributed by atoms with Gasteiger partial charge in [-0.05, 0) is 24.6 Å². The summed E-state index contributed by atoms with van der Waals surface area (Å²) in [4.78, 5) is 10.8. The molecular formula is C15H20N4. The molecule has 4 nitrogen and oxygen atoms in total. The van der Waals surface area contributed by atoms with Crippen LogP contribution >= 0.6 is 0 Å². The summed E-state index contributed by atoms with van der Waals surface area (Å²) in [6.45, 7) is 3.12. The fraction of sp³-hybridized carbons (Fsp3) is 0.333. The minimum absolute atomic E-state index is 0.702. The highest BCUT2D eigenvalue weighted by Crippen LogP contribution is 2.19. The van der Waals surface area contributed by atoms with Crippen LogP contribution in [0.4, 0.5) is 17.5 Å². The molecule has 2 aromatic rings. The normalized spacial score (nSPS) is 10.2. The summed E-state index contributed by atoms with van der Waals surface area (Å²) in [7, 11) is 1.97. The van der Waals surface area contributed by atoms with Crippen molar-refractivity contribution >= 4 is 17.5 Å². The van der Waals surface area contributed by atoms with E-state index in [0.717, 1.165) is 24.5 Å². The summed E-state index contributed by atoms with van der Waals surface area (Å²) in [5, 5.41) is 3.31. The summed E-state index contributed by atoms with van der Waals surface area (Å²) < 4.78 is 0. The van der Waals surface area contributed by atoms with Gasteiger partial charge in [-0.2, -0.15) is 4.98 Å². The Kier molecular flexibility index (Phi) is 4.72. The van der Waals surface area contributed by atoms with Crippen LogP contribution in [0.25, 0.3) is 0 Å². The Labute approximate surface area is 114 Å². The average molecular weight is 256 g/mol. The zero-order valence-corrected chi connectivity index (χ0v) is 11.5. The second-order valence-corrected chi connectivity index (χ2v) is 4.42. The number of anilines is 3. The van der Waals surface area contributed by atoms with Gasteiger partial charge in [0.25, 0.3) is 0 Å². The molecule has 1 aromatic carbocycles. The maximum absolute atomic E-state index is 4.52. The number of benzene rings is 1. The Morgan fingerprint density at radius 1 is 1.16 bits per heavy atom. The summed E-state index contributed by atoms with van der Waals surface area (Å²) in [6, 6.07) is 12.0. The van der Waals surface area contributed by atoms with Gasteiger partial charge in [0.05, 0.1) is 0 Å². The van der Waals surface area contributed by atoms with E-state index in [0.29, 0.717) is 5.95 Å². The van der Waals surface area contributed by atoms with E-state index in [1.54, 1.807) is 6.20 Å². The molecule has 0 unspecified atom stereocenters. The fourth-order valence-corrected chi connectivity index (χ4v) is 1.77. The summed E-state index contributed by atoms with van der Waals surface area (Å²) in [5.74, 6) is 1.58. The number of para-hydroxylation sites is 1. The van der Waals surface area contributed by atoms with E-state index < -0.39 is 0 Å². The topological polar surface area (TPSA) is 41.1 Å². The first-order chi connectivity index (χ1) is 9.31. The van der Waals surface area contributed by atoms with Crippen molar-refractivity contribution in [2.75, 3.05) is 23.8 Å². The van der Waals surface area contributed by atoms with E-state index in [-0.39, 0.29) is 0 Å². The first-order valence-electron chi connectivity index (χ1n) is 6.67. The molecule has 0 saturated heterocycles. The van der Waals surface area contributed by atoms with Crippen LogP contribution < -0.4 is 10.2 Å². The van der Waals surface area contributed by atoms with E-state index in [4.69, 9.17) is 0 Å². The Bertz CT molecular complexity index is 499. The number of hydrogen-bond donors (Lipinski definition) is 1. The standard InChI is InChI=1S/C15H20N4/c1-3-4-11-16-14-10-12-17-15(18-14)19(2)13-8-6-5-7-9-13/h5-10,12H,3-4,11H2,1-2H3,(H,16,17,18). The van der Waals surface area contributed by atoms with Crippen molar-refractivity contribution in [2.45, 2.75) is 19.8 Å². The van der Waals surface area contributed by atoms with Gasteiger partial charge in [-0.1, -0.05) is 31.5 Å². The molecule has 0 aliphatic rings. The second-order valence-electron chi connectivity index (χ2n) is 4.42. The van der Waals surface area contributed by atoms with Crippen LogP contribution in [0.2, 0.25) is 0 Å². The van der Waals surface area contributed by atoms with Crippen LogP contribution in [0.3, 0.4) is 0 Å². The maximum Gasteiger partial charge on any atom is 0.231 e. The molecule has 4 heteroatoms. The summed E-state index contributed by atoms with van der Waals surface area (Å²) in [5.41, 5.74) is 1.08. The number of nitrogens with one attached hydrogen (secondary N) is 1. The first kappa shape index (κ1) is 13.3. The van der Waals surface area contributed by atoms with Gasteiger partial charge in [-0.3, -0.25) is 0 Å². The molecule has 0 spiro atoms. The Morgan fingerprint density at radius 2 is 1.95 bits per heavy atom. The molecule has 0 amide bonds. The molecule has 1 aromatic heterocycles. The van der Waals surface area contributed by atoms with Gasteiger partial charge in [0.2, 0.25) is 5.95 Å². The summed E-state index contributed by atoms with van der Waals surface area (Å²) in [6.07, 6.45) is 4.11. The van der Waals surface area contributed by atoms with E-state index in [1.165, 1.54) is 6.42 Å². The van der Waals surface area contributed by atoms with Gasteiger partial charge < -0.3 is 10.2 Å². The second kappa shape index (κ2) is 6.73. The molecule has 1 heterocycles. The minimum Gasteiger partial charge on any atom is -0.370 e. The van der Waals surface area contributed by atoms with Crippen molar-refractivity contribution in [2.24, 2.45) is 0 Å². The van der Waals surface area contributed by atoms with Crippen LogP contribution in [0.15, 0.2) is 42.6 Å². The predicted molar refractivity (Wildman–Crippen MR) is 79.9 cm³/mol. The maximum atomic E-state index is 4.52. The lowest BCUT2D eigenvalue weighted by Crippen LogP contribution is -2.14. The largest absolute Gasteiger partial charge is 0.370 e. The number of nitrogens with zero attached hydrogens (tertiary/aromatic N) is 3. The predicted octanol–water partition coefficient (Wildman–Crippen LogP) is 3.46. The van der Waals surface area contributed by atoms with Crippen molar-refractivity contribution in [3.05, 3.63) is 42.6 Å². The van der Waals surface area contributed by atoms with E-state index in [1.807, 2.05) is 48.3 Å². The third kappa shape index (κ3) is 3.68. The highest BCUT2D eigenvalue weighted by atomic mass is 15.2. The fourth-order valence-electron chi connectivity index (χ4n) is 1.77. The molecule has 0 aliphatic heterocycles. The van der Waals surface area contributed by atoms with Gasteiger partial charge in [0.15, 0.2) is 0 Å². The Morgan fingerprint density at radius 3 is 2.68 bits per heavy atom. The van der Waals surface area contributed by atoms with Gasteiger partial charge >= 0.3 is 0 Å². The van der Waals surface area contributed by atoms with Crippen LogP contribution in [-0.2, 0) is 0 Å². The van der Waals surface area contributed by atoms with Crippen LogP contribution in [-0.4, -0.2) is 23.6 Å². The lowest BCUT2D eigenvalue weighted by atomic mass is 10.3. The highest BCUT2D eigenvalue weighted by Gasteiger charge is 2.06. The van der Waals surface area contributed by atoms with E-state index in [2.05, 4.69) is 22.2 Å². The minimum atomic E-state index is 0.702. The van der Waals surface area contributed by atoms with Crippen LogP contribution in [0, 0.1) is 0 Å². The molecule has 0 radical (unpaired) electrons. The Balaban J connectivity index is 2.10. The molecule has 1 N–H and O–H groups in total. The lowest BCUT2D eigenvalue weighted by molar-refractivity contribution is 0.830. The molecule has 100 valence electrons. The molecule has 0 aliphatic carbocycles. The van der Waals surface area contributed by atoms with Crippen LogP contribution in [0.1, 0.15) is 19.8 Å². The van der Waals surface area contributed by atoms with Gasteiger partial charge in [0, 0.05) is 25.5 Å². The molecule has 0 saturated carbocycles. The van der Waals surface area contributed by atoms with Gasteiger partial charge in [0.1, 0.15) is 5.82 Å². The molecule has 0 fully saturated rings. The van der Waals surface area contributed by atoms with E-state index in [9.17, 15) is 0 Å². The number of hydrogen-bond acceptors (Lipinski definition) is 4. The van der Waals surface area contributed by atoms with Crippen molar-refractivity contribution in [1.82, 2.24) is 9.97 Å². The third-order valence-corrected chi connectivity index (χ3v) is 2.92. The molecule has 0 bridgehead atoms. The highest BCUT2D eigenvalue weighted by molar-refractivity contribution is 5.57. The monoisotopic (exact) mass is 256 g/mol. The molecule has 19 heavy (non-hydrogen) atoms. The number of unbranched alkanes of at least 4 members (excludes halogenated alkanes) is 1. The third-order valence-electron chi connectivity index (χ3n) is 2.92. The summed E-state index contributed by atoms with van der Waals surface area (Å²) >= 11 is 0. The van der Waals surface area contributed by atoms with Crippen molar-refractivity contribution in [3.8, 4) is 0 Å². The van der Waals surface area contributed by atoms with Gasteiger partial charge in [-0.25, -0.2) is 4.98 Å². The van der Waals surface area contributed by atoms with Gasteiger partial charge in [-0.15, -0.1) is 0 Å². The van der Waals surface area contributed by atoms with E-state index >= 15 is 0 Å². The van der Waals surface area contributed by atoms with Crippen molar-refractivity contribution in [3.63, 3.8) is 0 Å².